The van der Waals surface area contributed by atoms with Crippen molar-refractivity contribution in [2.24, 2.45) is 5.92 Å². The lowest BCUT2D eigenvalue weighted by Crippen LogP contribution is -2.23. The molecule has 4 heteroatoms. The summed E-state index contributed by atoms with van der Waals surface area (Å²) in [5, 5.41) is 2.76. The molecular weight excluding hydrogens is 262 g/mol. The molecule has 1 aliphatic carbocycles. The van der Waals surface area contributed by atoms with Crippen LogP contribution in [0.3, 0.4) is 0 Å². The van der Waals surface area contributed by atoms with E-state index in [0.29, 0.717) is 6.10 Å². The van der Waals surface area contributed by atoms with Gasteiger partial charge in [0.05, 0.1) is 0 Å². The zero-order chi connectivity index (χ0) is 9.97. The molecule has 14 heavy (non-hydrogen) atoms. The van der Waals surface area contributed by atoms with Gasteiger partial charge in [0.1, 0.15) is 10.7 Å². The molecule has 0 N–H and O–H groups in total. The second kappa shape index (κ2) is 4.62. The molecule has 1 aromatic heterocycles. The van der Waals surface area contributed by atoms with Crippen LogP contribution < -0.4 is 4.74 Å². The van der Waals surface area contributed by atoms with Crippen molar-refractivity contribution >= 4 is 27.3 Å². The Bertz CT molecular complexity index is 302. The van der Waals surface area contributed by atoms with Crippen molar-refractivity contribution in [1.29, 1.82) is 0 Å². The number of thiazole rings is 1. The molecular formula is C10H14BrNOS. The molecule has 1 saturated carbocycles. The van der Waals surface area contributed by atoms with Gasteiger partial charge in [0.2, 0.25) is 0 Å². The average Bonchev–Trinajstić information content (AvgIpc) is 2.51. The molecule has 1 fully saturated rings. The Morgan fingerprint density at radius 2 is 2.43 bits per heavy atom. The first-order valence-electron chi connectivity index (χ1n) is 5.01. The Hall–Kier alpha value is -0.0900. The molecule has 2 nitrogen and oxygen atoms in total. The molecule has 0 aliphatic heterocycles. The van der Waals surface area contributed by atoms with Crippen LogP contribution in [0.1, 0.15) is 32.6 Å². The molecule has 0 saturated heterocycles. The highest BCUT2D eigenvalue weighted by Crippen LogP contribution is 2.29. The lowest BCUT2D eigenvalue weighted by Gasteiger charge is -2.26. The lowest BCUT2D eigenvalue weighted by molar-refractivity contribution is 0.128. The van der Waals surface area contributed by atoms with Gasteiger partial charge in [0.15, 0.2) is 0 Å². The molecule has 2 unspecified atom stereocenters. The number of hydrogen-bond donors (Lipinski definition) is 0. The third kappa shape index (κ3) is 2.70. The average molecular weight is 276 g/mol. The van der Waals surface area contributed by atoms with Crippen LogP contribution in [0, 0.1) is 5.92 Å². The van der Waals surface area contributed by atoms with Crippen molar-refractivity contribution in [3.8, 4) is 5.19 Å². The summed E-state index contributed by atoms with van der Waals surface area (Å²) in [5.74, 6) is 0.803. The fourth-order valence-electron chi connectivity index (χ4n) is 1.92. The van der Waals surface area contributed by atoms with E-state index < -0.39 is 0 Å². The van der Waals surface area contributed by atoms with Crippen LogP contribution in [-0.2, 0) is 0 Å². The summed E-state index contributed by atoms with van der Waals surface area (Å²) >= 11 is 4.89. The van der Waals surface area contributed by atoms with E-state index in [-0.39, 0.29) is 0 Å². The van der Waals surface area contributed by atoms with Crippen LogP contribution in [0.25, 0.3) is 0 Å². The Labute approximate surface area is 96.8 Å². The van der Waals surface area contributed by atoms with Gasteiger partial charge in [-0.05, 0) is 41.1 Å². The third-order valence-corrected chi connectivity index (χ3v) is 4.05. The number of aromatic nitrogens is 1. The molecule has 78 valence electrons. The van der Waals surface area contributed by atoms with E-state index >= 15 is 0 Å². The molecule has 2 rings (SSSR count). The van der Waals surface area contributed by atoms with Crippen molar-refractivity contribution in [1.82, 2.24) is 4.98 Å². The quantitative estimate of drug-likeness (QED) is 0.818. The minimum Gasteiger partial charge on any atom is -0.467 e. The van der Waals surface area contributed by atoms with E-state index in [1.54, 1.807) is 11.3 Å². The second-order valence-corrected chi connectivity index (χ2v) is 5.58. The summed E-state index contributed by atoms with van der Waals surface area (Å²) in [5.41, 5.74) is 0. The predicted octanol–water partition coefficient (Wildman–Crippen LogP) is 3.86. The van der Waals surface area contributed by atoms with Crippen molar-refractivity contribution < 1.29 is 4.74 Å². The summed E-state index contributed by atoms with van der Waals surface area (Å²) in [6.07, 6.45) is 5.38. The SMILES string of the molecule is CC1CCCC(Oc2nc(Br)cs2)C1. The van der Waals surface area contributed by atoms with Gasteiger partial charge in [-0.3, -0.25) is 0 Å². The number of nitrogens with zero attached hydrogens (tertiary/aromatic N) is 1. The summed E-state index contributed by atoms with van der Waals surface area (Å²) in [6.45, 7) is 2.30. The normalized spacial score (nSPS) is 27.6. The second-order valence-electron chi connectivity index (χ2n) is 3.95. The van der Waals surface area contributed by atoms with Crippen LogP contribution in [0.5, 0.6) is 5.19 Å². The fraction of sp³-hybridized carbons (Fsp3) is 0.700. The largest absolute Gasteiger partial charge is 0.467 e. The summed E-state index contributed by atoms with van der Waals surface area (Å²) < 4.78 is 6.70. The number of rotatable bonds is 2. The van der Waals surface area contributed by atoms with E-state index in [1.165, 1.54) is 25.7 Å². The van der Waals surface area contributed by atoms with E-state index in [4.69, 9.17) is 4.74 Å². The van der Waals surface area contributed by atoms with Gasteiger partial charge in [-0.1, -0.05) is 24.7 Å². The lowest BCUT2D eigenvalue weighted by atomic mass is 9.89. The minimum atomic E-state index is 0.386. The maximum absolute atomic E-state index is 5.82. The van der Waals surface area contributed by atoms with Crippen molar-refractivity contribution in [3.05, 3.63) is 9.98 Å². The van der Waals surface area contributed by atoms with Gasteiger partial charge in [0.25, 0.3) is 5.19 Å². The Kier molecular flexibility index (Phi) is 3.44. The van der Waals surface area contributed by atoms with Crippen molar-refractivity contribution in [2.75, 3.05) is 0 Å². The van der Waals surface area contributed by atoms with Crippen LogP contribution in [0.2, 0.25) is 0 Å². The Morgan fingerprint density at radius 3 is 3.07 bits per heavy atom. The van der Waals surface area contributed by atoms with Gasteiger partial charge in [-0.25, -0.2) is 0 Å². The van der Waals surface area contributed by atoms with Gasteiger partial charge < -0.3 is 4.74 Å². The zero-order valence-corrected chi connectivity index (χ0v) is 10.6. The third-order valence-electron chi connectivity index (χ3n) is 2.61. The van der Waals surface area contributed by atoms with Crippen LogP contribution in [-0.4, -0.2) is 11.1 Å². The fourth-order valence-corrected chi connectivity index (χ4v) is 3.07. The van der Waals surface area contributed by atoms with Crippen LogP contribution >= 0.6 is 27.3 Å². The molecule has 0 radical (unpaired) electrons. The number of hydrogen-bond acceptors (Lipinski definition) is 3. The maximum Gasteiger partial charge on any atom is 0.274 e. The number of ether oxygens (including phenoxy) is 1. The van der Waals surface area contributed by atoms with Gasteiger partial charge >= 0.3 is 0 Å². The summed E-state index contributed by atoms with van der Waals surface area (Å²) in [6, 6.07) is 0. The predicted molar refractivity (Wildman–Crippen MR) is 61.9 cm³/mol. The van der Waals surface area contributed by atoms with E-state index in [9.17, 15) is 0 Å². The monoisotopic (exact) mass is 275 g/mol. The summed E-state index contributed by atoms with van der Waals surface area (Å²) in [7, 11) is 0. The maximum atomic E-state index is 5.82. The van der Waals surface area contributed by atoms with Crippen LogP contribution in [0.15, 0.2) is 9.98 Å². The number of halogens is 1. The first-order valence-corrected chi connectivity index (χ1v) is 6.69. The topological polar surface area (TPSA) is 22.1 Å². The molecule has 0 bridgehead atoms. The van der Waals surface area contributed by atoms with Crippen molar-refractivity contribution in [2.45, 2.75) is 38.7 Å². The van der Waals surface area contributed by atoms with E-state index in [0.717, 1.165) is 15.7 Å². The van der Waals surface area contributed by atoms with Gasteiger partial charge in [0, 0.05) is 5.38 Å². The smallest absolute Gasteiger partial charge is 0.274 e. The van der Waals surface area contributed by atoms with E-state index in [1.807, 2.05) is 5.38 Å². The Balaban J connectivity index is 1.90. The minimum absolute atomic E-state index is 0.386. The zero-order valence-electron chi connectivity index (χ0n) is 8.20. The summed E-state index contributed by atoms with van der Waals surface area (Å²) in [4.78, 5) is 4.24. The molecule has 0 spiro atoms. The van der Waals surface area contributed by atoms with Gasteiger partial charge in [-0.15, -0.1) is 0 Å². The van der Waals surface area contributed by atoms with Crippen molar-refractivity contribution in [3.63, 3.8) is 0 Å². The van der Waals surface area contributed by atoms with Gasteiger partial charge in [-0.2, -0.15) is 4.98 Å². The highest BCUT2D eigenvalue weighted by atomic mass is 79.9. The first kappa shape index (κ1) is 10.4. The Morgan fingerprint density at radius 1 is 1.57 bits per heavy atom. The molecule has 2 atom stereocenters. The standard InChI is InChI=1S/C10H14BrNOS/c1-7-3-2-4-8(5-7)13-10-12-9(11)6-14-10/h6-8H,2-5H2,1H3. The highest BCUT2D eigenvalue weighted by molar-refractivity contribution is 9.10. The first-order chi connectivity index (χ1) is 6.74. The van der Waals surface area contributed by atoms with E-state index in [2.05, 4.69) is 27.8 Å². The highest BCUT2D eigenvalue weighted by Gasteiger charge is 2.20. The molecule has 1 heterocycles. The molecule has 1 aromatic rings. The molecule has 1 aliphatic rings. The molecule has 0 amide bonds. The van der Waals surface area contributed by atoms with Crippen LogP contribution in [0.4, 0.5) is 0 Å². The molecule has 0 aromatic carbocycles.